The summed E-state index contributed by atoms with van der Waals surface area (Å²) in [6.45, 7) is 5.02. The van der Waals surface area contributed by atoms with E-state index in [1.807, 2.05) is 13.0 Å². The Hall–Kier alpha value is -2.88. The predicted octanol–water partition coefficient (Wildman–Crippen LogP) is 2.98. The van der Waals surface area contributed by atoms with E-state index in [0.29, 0.717) is 18.4 Å². The highest BCUT2D eigenvalue weighted by molar-refractivity contribution is 5.97. The van der Waals surface area contributed by atoms with Crippen molar-refractivity contribution in [3.8, 4) is 6.07 Å². The molecule has 0 radical (unpaired) electrons. The second-order valence-electron chi connectivity index (χ2n) is 8.33. The van der Waals surface area contributed by atoms with Crippen molar-refractivity contribution >= 4 is 17.8 Å². The van der Waals surface area contributed by atoms with Crippen molar-refractivity contribution in [1.29, 1.82) is 5.26 Å². The van der Waals surface area contributed by atoms with Crippen LogP contribution >= 0.6 is 0 Å². The number of nitrogens with zero attached hydrogens (tertiary/aromatic N) is 2. The summed E-state index contributed by atoms with van der Waals surface area (Å²) in [6, 6.07) is 8.48. The zero-order valence-electron chi connectivity index (χ0n) is 18.2. The van der Waals surface area contributed by atoms with Crippen LogP contribution in [0, 0.1) is 24.2 Å². The van der Waals surface area contributed by atoms with E-state index in [2.05, 4.69) is 11.4 Å². The smallest absolute Gasteiger partial charge is 0.329 e. The number of aryl methyl sites for hydroxylation is 1. The summed E-state index contributed by atoms with van der Waals surface area (Å²) in [5, 5.41) is 12.3. The van der Waals surface area contributed by atoms with Gasteiger partial charge in [-0.05, 0) is 37.8 Å². The maximum Gasteiger partial charge on any atom is 0.329 e. The molecule has 0 aliphatic heterocycles. The molecule has 0 aromatic heterocycles. The number of amides is 2. The van der Waals surface area contributed by atoms with Gasteiger partial charge in [-0.25, -0.2) is 4.79 Å². The zero-order valence-corrected chi connectivity index (χ0v) is 18.2. The van der Waals surface area contributed by atoms with Crippen LogP contribution in [0.25, 0.3) is 0 Å². The number of carbonyl (C=O) groups is 3. The van der Waals surface area contributed by atoms with Gasteiger partial charge >= 0.3 is 5.97 Å². The second-order valence-corrected chi connectivity index (χ2v) is 8.33. The van der Waals surface area contributed by atoms with E-state index in [0.717, 1.165) is 24.8 Å². The molecule has 1 aliphatic rings. The SMILES string of the molecule is Cc1cccc(C(=O)N[C@H](C(=O)OCC(=O)N(C)C2(C#N)CCCCC2)C(C)C)c1. The number of ether oxygens (including phenoxy) is 1. The Morgan fingerprint density at radius 1 is 1.23 bits per heavy atom. The number of hydrogen-bond donors (Lipinski definition) is 1. The van der Waals surface area contributed by atoms with Crippen LogP contribution in [0.3, 0.4) is 0 Å². The van der Waals surface area contributed by atoms with E-state index in [9.17, 15) is 19.6 Å². The topological polar surface area (TPSA) is 99.5 Å². The van der Waals surface area contributed by atoms with Crippen LogP contribution in [0.15, 0.2) is 24.3 Å². The van der Waals surface area contributed by atoms with Gasteiger partial charge < -0.3 is 15.0 Å². The molecular formula is C23H31N3O4. The highest BCUT2D eigenvalue weighted by Gasteiger charge is 2.39. The molecule has 1 saturated carbocycles. The van der Waals surface area contributed by atoms with Crippen LogP contribution < -0.4 is 5.32 Å². The lowest BCUT2D eigenvalue weighted by Crippen LogP contribution is -2.52. The van der Waals surface area contributed by atoms with Crippen molar-refractivity contribution in [1.82, 2.24) is 10.2 Å². The van der Waals surface area contributed by atoms with Crippen LogP contribution in [0.5, 0.6) is 0 Å². The van der Waals surface area contributed by atoms with Crippen LogP contribution in [0.4, 0.5) is 0 Å². The molecule has 1 aromatic rings. The van der Waals surface area contributed by atoms with Crippen molar-refractivity contribution < 1.29 is 19.1 Å². The fourth-order valence-electron chi connectivity index (χ4n) is 3.73. The number of nitriles is 1. The molecule has 1 atom stereocenters. The molecule has 1 aliphatic carbocycles. The van der Waals surface area contributed by atoms with Gasteiger partial charge in [0.05, 0.1) is 6.07 Å². The summed E-state index contributed by atoms with van der Waals surface area (Å²) in [4.78, 5) is 39.1. The highest BCUT2D eigenvalue weighted by atomic mass is 16.5. The van der Waals surface area contributed by atoms with Gasteiger partial charge in [-0.15, -0.1) is 0 Å². The fraction of sp³-hybridized carbons (Fsp3) is 0.565. The Morgan fingerprint density at radius 3 is 2.47 bits per heavy atom. The molecule has 1 aromatic carbocycles. The minimum atomic E-state index is -0.879. The molecule has 0 unspecified atom stereocenters. The quantitative estimate of drug-likeness (QED) is 0.693. The molecular weight excluding hydrogens is 382 g/mol. The Morgan fingerprint density at radius 2 is 1.90 bits per heavy atom. The van der Waals surface area contributed by atoms with Crippen molar-refractivity contribution in [3.63, 3.8) is 0 Å². The first-order chi connectivity index (χ1) is 14.2. The minimum absolute atomic E-state index is 0.220. The summed E-state index contributed by atoms with van der Waals surface area (Å²) in [6.07, 6.45) is 4.09. The number of likely N-dealkylation sites (N-methyl/N-ethyl adjacent to an activating group) is 1. The molecule has 2 rings (SSSR count). The second kappa shape index (κ2) is 10.2. The van der Waals surface area contributed by atoms with E-state index >= 15 is 0 Å². The monoisotopic (exact) mass is 413 g/mol. The van der Waals surface area contributed by atoms with Gasteiger partial charge in [0.15, 0.2) is 6.61 Å². The fourth-order valence-corrected chi connectivity index (χ4v) is 3.73. The maximum atomic E-state index is 12.6. The van der Waals surface area contributed by atoms with Crippen LogP contribution in [-0.4, -0.2) is 47.9 Å². The Balaban J connectivity index is 1.98. The average molecular weight is 414 g/mol. The summed E-state index contributed by atoms with van der Waals surface area (Å²) < 4.78 is 5.23. The van der Waals surface area contributed by atoms with Gasteiger partial charge in [0.2, 0.25) is 0 Å². The number of carbonyl (C=O) groups excluding carboxylic acids is 3. The number of nitrogens with one attached hydrogen (secondary N) is 1. The lowest BCUT2D eigenvalue weighted by atomic mass is 9.81. The molecule has 1 fully saturated rings. The molecule has 162 valence electrons. The first kappa shape index (κ1) is 23.4. The number of benzene rings is 1. The van der Waals surface area contributed by atoms with Crippen LogP contribution in [0.2, 0.25) is 0 Å². The molecule has 0 spiro atoms. The molecule has 2 amide bonds. The third kappa shape index (κ3) is 5.59. The van der Waals surface area contributed by atoms with E-state index < -0.39 is 30.1 Å². The molecule has 7 nitrogen and oxygen atoms in total. The first-order valence-corrected chi connectivity index (χ1v) is 10.4. The van der Waals surface area contributed by atoms with E-state index in [1.165, 1.54) is 4.90 Å². The van der Waals surface area contributed by atoms with Crippen molar-refractivity contribution in [2.24, 2.45) is 5.92 Å². The van der Waals surface area contributed by atoms with E-state index in [-0.39, 0.29) is 11.8 Å². The normalized spacial score (nSPS) is 16.3. The summed E-state index contributed by atoms with van der Waals surface area (Å²) in [7, 11) is 1.59. The minimum Gasteiger partial charge on any atom is -0.454 e. The third-order valence-corrected chi connectivity index (χ3v) is 5.73. The number of hydrogen-bond acceptors (Lipinski definition) is 5. The molecule has 0 saturated heterocycles. The predicted molar refractivity (Wildman–Crippen MR) is 112 cm³/mol. The standard InChI is InChI=1S/C23H31N3O4/c1-16(2)20(25-21(28)18-10-8-9-17(3)13-18)22(29)30-14-19(27)26(4)23(15-24)11-6-5-7-12-23/h8-10,13,16,20H,5-7,11-12,14H2,1-4H3,(H,25,28)/t20-/m0/s1. The third-order valence-electron chi connectivity index (χ3n) is 5.73. The molecule has 30 heavy (non-hydrogen) atoms. The highest BCUT2D eigenvalue weighted by Crippen LogP contribution is 2.32. The number of esters is 1. The Kier molecular flexibility index (Phi) is 7.99. The van der Waals surface area contributed by atoms with Crippen LogP contribution in [-0.2, 0) is 14.3 Å². The first-order valence-electron chi connectivity index (χ1n) is 10.4. The van der Waals surface area contributed by atoms with Crippen molar-refractivity contribution in [2.75, 3.05) is 13.7 Å². The lowest BCUT2D eigenvalue weighted by Gasteiger charge is -2.38. The van der Waals surface area contributed by atoms with E-state index in [1.54, 1.807) is 39.1 Å². The van der Waals surface area contributed by atoms with Gasteiger partial charge in [0, 0.05) is 12.6 Å². The maximum absolute atomic E-state index is 12.6. The van der Waals surface area contributed by atoms with Gasteiger partial charge in [-0.1, -0.05) is 50.8 Å². The molecule has 1 N–H and O–H groups in total. The molecule has 7 heteroatoms. The zero-order chi connectivity index (χ0) is 22.3. The van der Waals surface area contributed by atoms with Gasteiger partial charge in [0.25, 0.3) is 11.8 Å². The van der Waals surface area contributed by atoms with Crippen molar-refractivity contribution in [2.45, 2.75) is 64.5 Å². The summed E-state index contributed by atoms with van der Waals surface area (Å²) >= 11 is 0. The van der Waals surface area contributed by atoms with Gasteiger partial charge in [-0.2, -0.15) is 5.26 Å². The average Bonchev–Trinajstić information content (AvgIpc) is 2.75. The van der Waals surface area contributed by atoms with E-state index in [4.69, 9.17) is 4.74 Å². The van der Waals surface area contributed by atoms with Gasteiger partial charge in [0.1, 0.15) is 11.6 Å². The van der Waals surface area contributed by atoms with Crippen LogP contribution in [0.1, 0.15) is 61.9 Å². The molecule has 0 bridgehead atoms. The number of rotatable bonds is 7. The van der Waals surface area contributed by atoms with Gasteiger partial charge in [-0.3, -0.25) is 9.59 Å². The summed E-state index contributed by atoms with van der Waals surface area (Å²) in [5.74, 6) is -1.67. The summed E-state index contributed by atoms with van der Waals surface area (Å²) in [5.41, 5.74) is 0.560. The Labute approximate surface area is 178 Å². The van der Waals surface area contributed by atoms with Crippen molar-refractivity contribution in [3.05, 3.63) is 35.4 Å². The largest absolute Gasteiger partial charge is 0.454 e. The lowest BCUT2D eigenvalue weighted by molar-refractivity contribution is -0.155. The Bertz CT molecular complexity index is 822. The molecule has 0 heterocycles.